The lowest BCUT2D eigenvalue weighted by atomic mass is 10.2. The summed E-state index contributed by atoms with van der Waals surface area (Å²) in [6, 6.07) is 15.0. The molecule has 0 fully saturated rings. The third kappa shape index (κ3) is 3.69. The van der Waals surface area contributed by atoms with Crippen LogP contribution in [-0.2, 0) is 0 Å². The molecule has 0 bridgehead atoms. The second kappa shape index (κ2) is 7.80. The van der Waals surface area contributed by atoms with Gasteiger partial charge in [-0.1, -0.05) is 18.2 Å². The Kier molecular flexibility index (Phi) is 4.87. The average Bonchev–Trinajstić information content (AvgIpc) is 3.42. The van der Waals surface area contributed by atoms with Crippen LogP contribution < -0.4 is 16.4 Å². The van der Waals surface area contributed by atoms with Gasteiger partial charge in [-0.2, -0.15) is 5.10 Å². The molecule has 0 atom stereocenters. The normalized spacial score (nSPS) is 10.5. The van der Waals surface area contributed by atoms with Crippen LogP contribution in [0, 0.1) is 0 Å². The lowest BCUT2D eigenvalue weighted by Gasteiger charge is -2.06. The summed E-state index contributed by atoms with van der Waals surface area (Å²) in [7, 11) is 0. The first kappa shape index (κ1) is 18.7. The zero-order valence-corrected chi connectivity index (χ0v) is 15.3. The van der Waals surface area contributed by atoms with Crippen molar-refractivity contribution in [2.75, 3.05) is 0 Å². The van der Waals surface area contributed by atoms with Crippen LogP contribution >= 0.6 is 0 Å². The molecule has 0 saturated carbocycles. The number of nitrogens with one attached hydrogen (secondary N) is 3. The molecule has 4 rings (SSSR count). The van der Waals surface area contributed by atoms with Crippen molar-refractivity contribution < 1.29 is 19.1 Å². The first-order valence-corrected chi connectivity index (χ1v) is 8.75. The number of nitrogens with zero attached hydrogens (tertiary/aromatic N) is 2. The van der Waals surface area contributed by atoms with Crippen molar-refractivity contribution in [3.63, 3.8) is 0 Å². The number of para-hydroxylation sites is 1. The van der Waals surface area contributed by atoms with E-state index in [0.29, 0.717) is 17.1 Å². The number of aromatic nitrogens is 3. The number of hydrogen-bond acceptors (Lipinski definition) is 6. The molecule has 0 spiro atoms. The highest BCUT2D eigenvalue weighted by Gasteiger charge is 2.19. The van der Waals surface area contributed by atoms with E-state index in [1.165, 1.54) is 29.3 Å². The number of hydrogen-bond donors (Lipinski definition) is 4. The monoisotopic (exact) mass is 405 g/mol. The number of rotatable bonds is 4. The molecule has 0 radical (unpaired) electrons. The summed E-state index contributed by atoms with van der Waals surface area (Å²) in [5, 5.41) is 14.0. The van der Waals surface area contributed by atoms with Crippen LogP contribution in [0.2, 0.25) is 0 Å². The van der Waals surface area contributed by atoms with Crippen molar-refractivity contribution in [3.05, 3.63) is 88.7 Å². The highest BCUT2D eigenvalue weighted by atomic mass is 16.3. The van der Waals surface area contributed by atoms with E-state index in [4.69, 9.17) is 4.42 Å². The number of aromatic hydroxyl groups is 1. The Morgan fingerprint density at radius 1 is 1.00 bits per heavy atom. The van der Waals surface area contributed by atoms with Crippen LogP contribution in [0.15, 0.2) is 76.3 Å². The third-order valence-corrected chi connectivity index (χ3v) is 4.16. The van der Waals surface area contributed by atoms with E-state index in [1.54, 1.807) is 36.4 Å². The van der Waals surface area contributed by atoms with E-state index in [1.807, 2.05) is 6.07 Å². The summed E-state index contributed by atoms with van der Waals surface area (Å²) in [6.07, 6.45) is 2.72. The van der Waals surface area contributed by atoms with E-state index in [2.05, 4.69) is 20.9 Å². The van der Waals surface area contributed by atoms with Crippen LogP contribution in [0.1, 0.15) is 20.8 Å². The van der Waals surface area contributed by atoms with Gasteiger partial charge in [-0.3, -0.25) is 25.2 Å². The zero-order valence-electron chi connectivity index (χ0n) is 15.3. The molecule has 1 aromatic carbocycles. The molecule has 2 amide bonds. The number of pyridine rings is 1. The fourth-order valence-electron chi connectivity index (χ4n) is 2.71. The van der Waals surface area contributed by atoms with Gasteiger partial charge in [-0.05, 0) is 36.4 Å². The van der Waals surface area contributed by atoms with E-state index in [-0.39, 0.29) is 17.0 Å². The van der Waals surface area contributed by atoms with Gasteiger partial charge < -0.3 is 14.5 Å². The summed E-state index contributed by atoms with van der Waals surface area (Å²) in [5.41, 5.74) is 4.13. The quantitative estimate of drug-likeness (QED) is 0.380. The summed E-state index contributed by atoms with van der Waals surface area (Å²) in [5.74, 6) is -1.61. The first-order chi connectivity index (χ1) is 14.5. The van der Waals surface area contributed by atoms with Crippen molar-refractivity contribution in [1.29, 1.82) is 0 Å². The third-order valence-electron chi connectivity index (χ3n) is 4.16. The van der Waals surface area contributed by atoms with Gasteiger partial charge in [0.2, 0.25) is 0 Å². The van der Waals surface area contributed by atoms with Crippen molar-refractivity contribution >= 4 is 11.8 Å². The fraction of sp³-hybridized carbons (Fsp3) is 0. The number of aromatic amines is 1. The van der Waals surface area contributed by atoms with E-state index >= 15 is 0 Å². The lowest BCUT2D eigenvalue weighted by Crippen LogP contribution is -2.43. The fourth-order valence-corrected chi connectivity index (χ4v) is 2.71. The van der Waals surface area contributed by atoms with E-state index in [9.17, 15) is 19.5 Å². The zero-order chi connectivity index (χ0) is 21.1. The van der Waals surface area contributed by atoms with Gasteiger partial charge in [0.15, 0.2) is 11.4 Å². The molecule has 0 unspecified atom stereocenters. The molecule has 10 heteroatoms. The predicted octanol–water partition coefficient (Wildman–Crippen LogP) is 1.60. The van der Waals surface area contributed by atoms with Crippen molar-refractivity contribution in [2.24, 2.45) is 0 Å². The molecule has 0 saturated heterocycles. The second-order valence-corrected chi connectivity index (χ2v) is 6.14. The topological polar surface area (TPSA) is 142 Å². The molecule has 3 heterocycles. The summed E-state index contributed by atoms with van der Waals surface area (Å²) in [4.78, 5) is 39.2. The van der Waals surface area contributed by atoms with Gasteiger partial charge in [0, 0.05) is 0 Å². The Bertz CT molecular complexity index is 1260. The van der Waals surface area contributed by atoms with Crippen molar-refractivity contribution in [1.82, 2.24) is 25.6 Å². The maximum atomic E-state index is 12.3. The Morgan fingerprint density at radius 3 is 2.47 bits per heavy atom. The van der Waals surface area contributed by atoms with E-state index < -0.39 is 17.4 Å². The molecule has 10 nitrogen and oxygen atoms in total. The largest absolute Gasteiger partial charge is 0.504 e. The molecule has 0 aliphatic heterocycles. The molecular weight excluding hydrogens is 390 g/mol. The summed E-state index contributed by atoms with van der Waals surface area (Å²) >= 11 is 0. The van der Waals surface area contributed by atoms with Gasteiger partial charge in [0.05, 0.1) is 23.8 Å². The van der Waals surface area contributed by atoms with Crippen LogP contribution in [0.3, 0.4) is 0 Å². The number of furan rings is 1. The molecular formula is C20H15N5O5. The smallest absolute Gasteiger partial charge is 0.294 e. The van der Waals surface area contributed by atoms with Gasteiger partial charge in [0.25, 0.3) is 17.4 Å². The maximum Gasteiger partial charge on any atom is 0.294 e. The predicted molar refractivity (Wildman–Crippen MR) is 105 cm³/mol. The Labute approximate surface area is 168 Å². The van der Waals surface area contributed by atoms with Gasteiger partial charge in [0.1, 0.15) is 11.3 Å². The first-order valence-electron chi connectivity index (χ1n) is 8.75. The van der Waals surface area contributed by atoms with Crippen LogP contribution in [0.4, 0.5) is 0 Å². The second-order valence-electron chi connectivity index (χ2n) is 6.14. The van der Waals surface area contributed by atoms with Crippen molar-refractivity contribution in [2.45, 2.75) is 0 Å². The summed E-state index contributed by atoms with van der Waals surface area (Å²) < 4.78 is 6.51. The molecule has 0 aliphatic carbocycles. The SMILES string of the molecule is O=C(NNC(=O)c1ccc(-c2ccco2)[nH]c1=O)c1nn(-c2ccccc2)cc1O. The molecule has 4 N–H and O–H groups in total. The maximum absolute atomic E-state index is 12.3. The van der Waals surface area contributed by atoms with Gasteiger partial charge in [-0.25, -0.2) is 4.68 Å². The molecule has 4 aromatic rings. The van der Waals surface area contributed by atoms with Crippen molar-refractivity contribution in [3.8, 4) is 22.9 Å². The number of benzene rings is 1. The molecule has 3 aromatic heterocycles. The number of carbonyl (C=O) groups excluding carboxylic acids is 2. The summed E-state index contributed by atoms with van der Waals surface area (Å²) in [6.45, 7) is 0. The minimum atomic E-state index is -0.848. The minimum Gasteiger partial charge on any atom is -0.504 e. The number of carbonyl (C=O) groups is 2. The Balaban J connectivity index is 1.45. The highest BCUT2D eigenvalue weighted by molar-refractivity contribution is 5.99. The van der Waals surface area contributed by atoms with Gasteiger partial charge >= 0.3 is 0 Å². The van der Waals surface area contributed by atoms with E-state index in [0.717, 1.165) is 0 Å². The molecule has 150 valence electrons. The highest BCUT2D eigenvalue weighted by Crippen LogP contribution is 2.18. The Hall–Kier alpha value is -4.60. The standard InChI is InChI=1S/C20H15N5O5/c26-15-11-25(12-5-2-1-3-6-12)24-17(15)20(29)23-22-19(28)13-8-9-14(21-18(13)27)16-7-4-10-30-16/h1-11,26H,(H,21,27)(H,22,28)(H,23,29). The number of hydrazine groups is 1. The lowest BCUT2D eigenvalue weighted by molar-refractivity contribution is 0.0841. The van der Waals surface area contributed by atoms with Crippen LogP contribution in [-0.4, -0.2) is 31.7 Å². The van der Waals surface area contributed by atoms with Gasteiger partial charge in [-0.15, -0.1) is 0 Å². The molecule has 30 heavy (non-hydrogen) atoms. The number of H-pyrrole nitrogens is 1. The molecule has 0 aliphatic rings. The van der Waals surface area contributed by atoms with Crippen LogP contribution in [0.25, 0.3) is 17.1 Å². The number of amides is 2. The van der Waals surface area contributed by atoms with Crippen LogP contribution in [0.5, 0.6) is 5.75 Å². The average molecular weight is 405 g/mol. The Morgan fingerprint density at radius 2 is 1.77 bits per heavy atom. The minimum absolute atomic E-state index is 0.218.